The Hall–Kier alpha value is -1.89. The summed E-state index contributed by atoms with van der Waals surface area (Å²) in [5.41, 5.74) is 2.70. The molecule has 0 aliphatic carbocycles. The molecule has 1 aromatic rings. The summed E-state index contributed by atoms with van der Waals surface area (Å²) in [6.45, 7) is 11.3. The van der Waals surface area contributed by atoms with Crippen LogP contribution in [0, 0.1) is 0 Å². The third kappa shape index (κ3) is 10.2. The Morgan fingerprint density at radius 2 is 1.44 bits per heavy atom. The van der Waals surface area contributed by atoms with Crippen LogP contribution >= 0.6 is 0 Å². The van der Waals surface area contributed by atoms with Crippen LogP contribution in [0.25, 0.3) is 5.57 Å². The molecule has 4 unspecified atom stereocenters. The van der Waals surface area contributed by atoms with Gasteiger partial charge in [0, 0.05) is 0 Å². The van der Waals surface area contributed by atoms with Crippen molar-refractivity contribution in [1.82, 2.24) is 5.32 Å². The minimum absolute atomic E-state index is 0.330. The molecule has 0 radical (unpaired) electrons. The number of benzene rings is 1. The van der Waals surface area contributed by atoms with Gasteiger partial charge in [0.2, 0.25) is 0 Å². The maximum Gasteiger partial charge on any atom is 0.407 e. The summed E-state index contributed by atoms with van der Waals surface area (Å²) in [6, 6.07) is 8.16. The molecule has 3 saturated heterocycles. The summed E-state index contributed by atoms with van der Waals surface area (Å²) in [5.74, 6) is 0. The lowest BCUT2D eigenvalue weighted by atomic mass is 9.93. The van der Waals surface area contributed by atoms with E-state index < -0.39 is 5.54 Å². The smallest absolute Gasteiger partial charge is 0.407 e. The number of allylic oxidation sites excluding steroid dienone is 1. The molecule has 3 fully saturated rings. The SMILES string of the molecule is C=C(C)c1ccc(C(C)(C)NC(=O)OCCCCCCCCCCCCCCC2OC2C2O[C@H]2C2CO2)cc1. The van der Waals surface area contributed by atoms with Crippen LogP contribution in [-0.4, -0.2) is 49.8 Å². The van der Waals surface area contributed by atoms with Gasteiger partial charge in [-0.2, -0.15) is 0 Å². The monoisotopic (exact) mass is 541 g/mol. The molecule has 3 aliphatic heterocycles. The third-order valence-electron chi connectivity index (χ3n) is 8.36. The normalized spacial score (nSPS) is 25.3. The number of carbonyl (C=O) groups is 1. The van der Waals surface area contributed by atoms with Crippen molar-refractivity contribution in [3.63, 3.8) is 0 Å². The molecule has 0 aromatic heterocycles. The van der Waals surface area contributed by atoms with Crippen LogP contribution in [-0.2, 0) is 24.5 Å². The summed E-state index contributed by atoms with van der Waals surface area (Å²) in [7, 11) is 0. The second-order valence-electron chi connectivity index (χ2n) is 12.4. The zero-order valence-electron chi connectivity index (χ0n) is 24.6. The highest BCUT2D eigenvalue weighted by atomic mass is 16.7. The van der Waals surface area contributed by atoms with E-state index in [2.05, 4.69) is 11.9 Å². The predicted octanol–water partition coefficient (Wildman–Crippen LogP) is 7.69. The minimum Gasteiger partial charge on any atom is -0.450 e. The third-order valence-corrected chi connectivity index (χ3v) is 8.36. The van der Waals surface area contributed by atoms with Crippen molar-refractivity contribution in [2.75, 3.05) is 13.2 Å². The first-order valence-corrected chi connectivity index (χ1v) is 15.5. The lowest BCUT2D eigenvalue weighted by molar-refractivity contribution is 0.133. The molecule has 4 rings (SSSR count). The number of carbonyl (C=O) groups excluding carboxylic acids is 1. The van der Waals surface area contributed by atoms with E-state index in [1.54, 1.807) is 0 Å². The van der Waals surface area contributed by atoms with Gasteiger partial charge in [0.05, 0.1) is 24.9 Å². The topological polar surface area (TPSA) is 75.9 Å². The fourth-order valence-corrected chi connectivity index (χ4v) is 5.54. The van der Waals surface area contributed by atoms with Gasteiger partial charge in [0.15, 0.2) is 0 Å². The quantitative estimate of drug-likeness (QED) is 0.135. The number of hydrogen-bond donors (Lipinski definition) is 1. The van der Waals surface area contributed by atoms with Crippen molar-refractivity contribution < 1.29 is 23.7 Å². The van der Waals surface area contributed by atoms with Gasteiger partial charge < -0.3 is 24.3 Å². The van der Waals surface area contributed by atoms with Crippen molar-refractivity contribution in [3.8, 4) is 0 Å². The molecule has 1 aromatic carbocycles. The minimum atomic E-state index is -0.485. The maximum absolute atomic E-state index is 12.3. The number of unbranched alkanes of at least 4 members (excludes halogenated alkanes) is 11. The van der Waals surface area contributed by atoms with Crippen LogP contribution in [0.2, 0.25) is 0 Å². The number of hydrogen-bond acceptors (Lipinski definition) is 5. The molecule has 6 nitrogen and oxygen atoms in total. The molecule has 0 bridgehead atoms. The zero-order chi connectivity index (χ0) is 27.7. The average molecular weight is 542 g/mol. The summed E-state index contributed by atoms with van der Waals surface area (Å²) in [6.07, 6.45) is 17.9. The molecular weight excluding hydrogens is 490 g/mol. The van der Waals surface area contributed by atoms with Crippen molar-refractivity contribution >= 4 is 11.7 Å². The van der Waals surface area contributed by atoms with E-state index in [1.165, 1.54) is 70.6 Å². The van der Waals surface area contributed by atoms with E-state index in [-0.39, 0.29) is 6.09 Å². The van der Waals surface area contributed by atoms with Crippen LogP contribution in [0.5, 0.6) is 0 Å². The van der Waals surface area contributed by atoms with Crippen LogP contribution in [0.3, 0.4) is 0 Å². The molecule has 218 valence electrons. The van der Waals surface area contributed by atoms with Crippen molar-refractivity contribution in [2.24, 2.45) is 0 Å². The number of ether oxygens (including phenoxy) is 4. The molecule has 39 heavy (non-hydrogen) atoms. The Balaban J connectivity index is 0.884. The molecular formula is C33H51NO5. The molecule has 3 aliphatic rings. The standard InChI is InChI=1S/C33H51NO5/c1-24(2)25-18-20-26(21-19-25)33(3,4)34-32(35)36-22-16-14-12-10-8-6-5-7-9-11-13-15-17-27-29(38-27)31-30(39-31)28-23-37-28/h18-21,27-31H,1,5-17,22-23H2,2-4H3,(H,34,35)/t27?,28?,29?,30-,31?/m0/s1. The average Bonchev–Trinajstić information content (AvgIpc) is 3.76. The fourth-order valence-electron chi connectivity index (χ4n) is 5.54. The number of alkyl carbamates (subject to hydrolysis) is 1. The molecule has 3 heterocycles. The van der Waals surface area contributed by atoms with Crippen molar-refractivity contribution in [2.45, 2.75) is 140 Å². The van der Waals surface area contributed by atoms with Crippen LogP contribution in [0.4, 0.5) is 4.79 Å². The predicted molar refractivity (Wildman–Crippen MR) is 156 cm³/mol. The molecule has 1 N–H and O–H groups in total. The Labute approximate surface area is 236 Å². The van der Waals surface area contributed by atoms with Gasteiger partial charge >= 0.3 is 6.09 Å². The second kappa shape index (κ2) is 14.7. The molecule has 6 heteroatoms. The molecule has 5 atom stereocenters. The van der Waals surface area contributed by atoms with Crippen LogP contribution in [0.15, 0.2) is 30.8 Å². The first-order valence-electron chi connectivity index (χ1n) is 15.5. The Bertz CT molecular complexity index is 909. The van der Waals surface area contributed by atoms with E-state index in [4.69, 9.17) is 18.9 Å². The lowest BCUT2D eigenvalue weighted by Crippen LogP contribution is -2.41. The van der Waals surface area contributed by atoms with E-state index in [0.717, 1.165) is 36.1 Å². The molecule has 0 saturated carbocycles. The Morgan fingerprint density at radius 3 is 2.00 bits per heavy atom. The van der Waals surface area contributed by atoms with Crippen LogP contribution in [0.1, 0.15) is 115 Å². The van der Waals surface area contributed by atoms with E-state index >= 15 is 0 Å². The summed E-state index contributed by atoms with van der Waals surface area (Å²) >= 11 is 0. The van der Waals surface area contributed by atoms with Crippen molar-refractivity contribution in [1.29, 1.82) is 0 Å². The van der Waals surface area contributed by atoms with Gasteiger partial charge in [-0.05, 0) is 44.7 Å². The van der Waals surface area contributed by atoms with Gasteiger partial charge in [-0.25, -0.2) is 4.79 Å². The van der Waals surface area contributed by atoms with Gasteiger partial charge in [0.1, 0.15) is 24.4 Å². The second-order valence-corrected chi connectivity index (χ2v) is 12.4. The van der Waals surface area contributed by atoms with Crippen LogP contribution < -0.4 is 5.32 Å². The highest BCUT2D eigenvalue weighted by Gasteiger charge is 2.61. The Kier molecular flexibility index (Phi) is 11.3. The fraction of sp³-hybridized carbons (Fsp3) is 0.727. The summed E-state index contributed by atoms with van der Waals surface area (Å²) in [5, 5.41) is 2.99. The summed E-state index contributed by atoms with van der Waals surface area (Å²) < 4.78 is 22.2. The summed E-state index contributed by atoms with van der Waals surface area (Å²) in [4.78, 5) is 12.3. The first-order chi connectivity index (χ1) is 18.8. The van der Waals surface area contributed by atoms with Gasteiger partial charge in [-0.3, -0.25) is 0 Å². The largest absolute Gasteiger partial charge is 0.450 e. The first kappa shape index (κ1) is 30.1. The number of nitrogens with one attached hydrogen (secondary N) is 1. The van der Waals surface area contributed by atoms with E-state index in [1.807, 2.05) is 45.0 Å². The van der Waals surface area contributed by atoms with Gasteiger partial charge in [-0.1, -0.05) is 107 Å². The lowest BCUT2D eigenvalue weighted by Gasteiger charge is -2.26. The number of rotatable bonds is 20. The Morgan fingerprint density at radius 1 is 0.872 bits per heavy atom. The highest BCUT2D eigenvalue weighted by Crippen LogP contribution is 2.44. The zero-order valence-corrected chi connectivity index (χ0v) is 24.6. The van der Waals surface area contributed by atoms with E-state index in [9.17, 15) is 4.79 Å². The van der Waals surface area contributed by atoms with E-state index in [0.29, 0.717) is 37.1 Å². The van der Waals surface area contributed by atoms with Crippen molar-refractivity contribution in [3.05, 3.63) is 42.0 Å². The number of amides is 1. The maximum atomic E-state index is 12.3. The highest BCUT2D eigenvalue weighted by molar-refractivity contribution is 5.68. The van der Waals surface area contributed by atoms with Gasteiger partial charge in [0.25, 0.3) is 0 Å². The molecule has 0 spiro atoms. The number of epoxide rings is 3. The molecule has 1 amide bonds. The van der Waals surface area contributed by atoms with Gasteiger partial charge in [-0.15, -0.1) is 0 Å².